The van der Waals surface area contributed by atoms with Crippen LogP contribution in [0.15, 0.2) is 24.3 Å². The van der Waals surface area contributed by atoms with Gasteiger partial charge in [-0.1, -0.05) is 18.2 Å². The first-order valence-electron chi connectivity index (χ1n) is 5.22. The summed E-state index contributed by atoms with van der Waals surface area (Å²) in [4.78, 5) is 11.4. The summed E-state index contributed by atoms with van der Waals surface area (Å²) in [7, 11) is 0. The minimum absolute atomic E-state index is 0.00847. The maximum absolute atomic E-state index is 12.4. The second-order valence-corrected chi connectivity index (χ2v) is 4.09. The fourth-order valence-corrected chi connectivity index (χ4v) is 1.52. The minimum Gasteiger partial charge on any atom is -0.328 e. The van der Waals surface area contributed by atoms with E-state index in [0.29, 0.717) is 5.56 Å². The molecule has 0 aliphatic carbocycles. The molecular weight excluding hydrogens is 231 g/mol. The van der Waals surface area contributed by atoms with Gasteiger partial charge in [0.1, 0.15) is 5.78 Å². The van der Waals surface area contributed by atoms with Crippen molar-refractivity contribution in [2.45, 2.75) is 32.0 Å². The van der Waals surface area contributed by atoms with Crippen LogP contribution in [0.1, 0.15) is 24.5 Å². The average Bonchev–Trinajstić information content (AvgIpc) is 2.15. The Morgan fingerprint density at radius 2 is 2.06 bits per heavy atom. The van der Waals surface area contributed by atoms with E-state index in [1.165, 1.54) is 12.1 Å². The van der Waals surface area contributed by atoms with Gasteiger partial charge < -0.3 is 5.73 Å². The van der Waals surface area contributed by atoms with Crippen molar-refractivity contribution in [2.24, 2.45) is 5.73 Å². The van der Waals surface area contributed by atoms with E-state index >= 15 is 0 Å². The zero-order valence-corrected chi connectivity index (χ0v) is 9.42. The molecule has 1 rings (SSSR count). The van der Waals surface area contributed by atoms with Gasteiger partial charge in [0.05, 0.1) is 5.56 Å². The standard InChI is InChI=1S/C12H14F3NO/c1-8(16)5-11(17)7-9-3-2-4-10(6-9)12(13,14)15/h2-4,6,8H,5,7,16H2,1H3. The average molecular weight is 245 g/mol. The minimum atomic E-state index is -4.37. The van der Waals surface area contributed by atoms with Gasteiger partial charge in [-0.05, 0) is 18.6 Å². The Morgan fingerprint density at radius 3 is 2.59 bits per heavy atom. The molecule has 0 heterocycles. The second-order valence-electron chi connectivity index (χ2n) is 4.09. The van der Waals surface area contributed by atoms with Gasteiger partial charge in [-0.3, -0.25) is 4.79 Å². The fourth-order valence-electron chi connectivity index (χ4n) is 1.52. The maximum Gasteiger partial charge on any atom is 0.416 e. The van der Waals surface area contributed by atoms with Crippen LogP contribution in [0, 0.1) is 0 Å². The van der Waals surface area contributed by atoms with E-state index in [1.807, 2.05) is 0 Å². The summed E-state index contributed by atoms with van der Waals surface area (Å²) in [5.74, 6) is -0.153. The van der Waals surface area contributed by atoms with Gasteiger partial charge in [0.15, 0.2) is 0 Å². The molecule has 94 valence electrons. The third-order valence-corrected chi connectivity index (χ3v) is 2.21. The zero-order chi connectivity index (χ0) is 13.1. The second kappa shape index (κ2) is 5.31. The Bertz CT molecular complexity index is 399. The topological polar surface area (TPSA) is 43.1 Å². The number of hydrogen-bond acceptors (Lipinski definition) is 2. The molecule has 1 aromatic carbocycles. The van der Waals surface area contributed by atoms with E-state index < -0.39 is 11.7 Å². The SMILES string of the molecule is CC(N)CC(=O)Cc1cccc(C(F)(F)F)c1. The van der Waals surface area contributed by atoms with Crippen molar-refractivity contribution in [3.05, 3.63) is 35.4 Å². The molecule has 0 saturated heterocycles. The summed E-state index contributed by atoms with van der Waals surface area (Å²) in [6.07, 6.45) is -4.21. The Morgan fingerprint density at radius 1 is 1.41 bits per heavy atom. The van der Waals surface area contributed by atoms with Crippen LogP contribution in [0.2, 0.25) is 0 Å². The molecule has 2 nitrogen and oxygen atoms in total. The van der Waals surface area contributed by atoms with Gasteiger partial charge >= 0.3 is 6.18 Å². The van der Waals surface area contributed by atoms with Crippen LogP contribution in [0.5, 0.6) is 0 Å². The van der Waals surface area contributed by atoms with Crippen LogP contribution in [-0.2, 0) is 17.4 Å². The molecule has 0 spiro atoms. The van der Waals surface area contributed by atoms with Crippen LogP contribution in [0.3, 0.4) is 0 Å². The Kier molecular flexibility index (Phi) is 4.28. The van der Waals surface area contributed by atoms with Crippen LogP contribution in [0.4, 0.5) is 13.2 Å². The van der Waals surface area contributed by atoms with Crippen molar-refractivity contribution in [3.63, 3.8) is 0 Å². The molecule has 17 heavy (non-hydrogen) atoms. The molecule has 1 atom stereocenters. The predicted octanol–water partition coefficient (Wildman–Crippen LogP) is 2.55. The monoisotopic (exact) mass is 245 g/mol. The smallest absolute Gasteiger partial charge is 0.328 e. The Hall–Kier alpha value is -1.36. The maximum atomic E-state index is 12.4. The lowest BCUT2D eigenvalue weighted by Gasteiger charge is -2.09. The summed E-state index contributed by atoms with van der Waals surface area (Å²) in [5, 5.41) is 0. The van der Waals surface area contributed by atoms with Crippen molar-refractivity contribution in [3.8, 4) is 0 Å². The Balaban J connectivity index is 2.76. The summed E-state index contributed by atoms with van der Waals surface area (Å²) < 4.78 is 37.2. The van der Waals surface area contributed by atoms with Crippen LogP contribution in [0.25, 0.3) is 0 Å². The van der Waals surface area contributed by atoms with E-state index in [9.17, 15) is 18.0 Å². The van der Waals surface area contributed by atoms with Gasteiger partial charge in [0.25, 0.3) is 0 Å². The number of hydrogen-bond donors (Lipinski definition) is 1. The van der Waals surface area contributed by atoms with Crippen molar-refractivity contribution in [1.82, 2.24) is 0 Å². The third-order valence-electron chi connectivity index (χ3n) is 2.21. The number of benzene rings is 1. The van der Waals surface area contributed by atoms with Gasteiger partial charge in [-0.2, -0.15) is 13.2 Å². The van der Waals surface area contributed by atoms with Gasteiger partial charge in [0.2, 0.25) is 0 Å². The van der Waals surface area contributed by atoms with Crippen molar-refractivity contribution in [2.75, 3.05) is 0 Å². The highest BCUT2D eigenvalue weighted by atomic mass is 19.4. The number of Topliss-reactive ketones (excluding diaryl/α,β-unsaturated/α-hetero) is 1. The molecule has 0 bridgehead atoms. The molecule has 2 N–H and O–H groups in total. The molecule has 0 amide bonds. The number of ketones is 1. The summed E-state index contributed by atoms with van der Waals surface area (Å²) in [5.41, 5.74) is 5.08. The number of carbonyl (C=O) groups excluding carboxylic acids is 1. The predicted molar refractivity (Wildman–Crippen MR) is 58.4 cm³/mol. The lowest BCUT2D eigenvalue weighted by molar-refractivity contribution is -0.137. The number of halogens is 3. The molecule has 1 unspecified atom stereocenters. The molecule has 0 radical (unpaired) electrons. The van der Waals surface area contributed by atoms with Crippen molar-refractivity contribution in [1.29, 1.82) is 0 Å². The number of alkyl halides is 3. The summed E-state index contributed by atoms with van der Waals surface area (Å²) in [6, 6.07) is 4.53. The van der Waals surface area contributed by atoms with E-state index in [2.05, 4.69) is 0 Å². The molecule has 5 heteroatoms. The molecule has 0 aliphatic rings. The Labute approximate surface area is 97.6 Å². The first-order chi connectivity index (χ1) is 7.79. The third kappa shape index (κ3) is 4.56. The van der Waals surface area contributed by atoms with E-state index in [1.54, 1.807) is 6.92 Å². The lowest BCUT2D eigenvalue weighted by atomic mass is 10.0. The van der Waals surface area contributed by atoms with Crippen molar-refractivity contribution >= 4 is 5.78 Å². The molecule has 0 aromatic heterocycles. The highest BCUT2D eigenvalue weighted by Gasteiger charge is 2.30. The molecule has 1 aromatic rings. The lowest BCUT2D eigenvalue weighted by Crippen LogP contribution is -2.20. The fraction of sp³-hybridized carbons (Fsp3) is 0.417. The molecule has 0 saturated carbocycles. The first kappa shape index (κ1) is 13.7. The van der Waals surface area contributed by atoms with Gasteiger partial charge in [-0.25, -0.2) is 0 Å². The van der Waals surface area contributed by atoms with E-state index in [4.69, 9.17) is 5.73 Å². The van der Waals surface area contributed by atoms with Crippen LogP contribution >= 0.6 is 0 Å². The van der Waals surface area contributed by atoms with Gasteiger partial charge in [-0.15, -0.1) is 0 Å². The molecular formula is C12H14F3NO. The largest absolute Gasteiger partial charge is 0.416 e. The summed E-state index contributed by atoms with van der Waals surface area (Å²) in [6.45, 7) is 1.68. The van der Waals surface area contributed by atoms with E-state index in [0.717, 1.165) is 12.1 Å². The summed E-state index contributed by atoms with van der Waals surface area (Å²) >= 11 is 0. The van der Waals surface area contributed by atoms with Gasteiger partial charge in [0, 0.05) is 18.9 Å². The molecule has 0 fully saturated rings. The zero-order valence-electron chi connectivity index (χ0n) is 9.42. The highest BCUT2D eigenvalue weighted by molar-refractivity contribution is 5.81. The van der Waals surface area contributed by atoms with Crippen molar-refractivity contribution < 1.29 is 18.0 Å². The van der Waals surface area contributed by atoms with E-state index in [-0.39, 0.29) is 24.7 Å². The highest BCUT2D eigenvalue weighted by Crippen LogP contribution is 2.29. The number of nitrogens with two attached hydrogens (primary N) is 1. The normalized spacial score (nSPS) is 13.5. The molecule has 0 aliphatic heterocycles. The van der Waals surface area contributed by atoms with Crippen LogP contribution in [-0.4, -0.2) is 11.8 Å². The first-order valence-corrected chi connectivity index (χ1v) is 5.22. The van der Waals surface area contributed by atoms with Crippen LogP contribution < -0.4 is 5.73 Å². The number of carbonyl (C=O) groups is 1. The quantitative estimate of drug-likeness (QED) is 0.885. The number of rotatable bonds is 4.